The van der Waals surface area contributed by atoms with Crippen molar-refractivity contribution in [1.29, 1.82) is 0 Å². The van der Waals surface area contributed by atoms with Gasteiger partial charge in [0.15, 0.2) is 11.2 Å². The maximum atomic E-state index is 14.1. The van der Waals surface area contributed by atoms with E-state index >= 15 is 0 Å². The Morgan fingerprint density at radius 2 is 1.58 bits per heavy atom. The molecule has 9 heteroatoms. The molecule has 1 aromatic carbocycles. The molecule has 208 valence electrons. The van der Waals surface area contributed by atoms with E-state index in [4.69, 9.17) is 9.47 Å². The van der Waals surface area contributed by atoms with Gasteiger partial charge in [-0.2, -0.15) is 0 Å². The molecule has 0 amide bonds. The summed E-state index contributed by atoms with van der Waals surface area (Å²) in [5, 5.41) is 49.5. The fraction of sp³-hybridized carbons (Fsp3) is 0.621. The largest absolute Gasteiger partial charge is 0.453 e. The zero-order valence-electron chi connectivity index (χ0n) is 22.8. The second-order valence-corrected chi connectivity index (χ2v) is 12.0. The van der Waals surface area contributed by atoms with Gasteiger partial charge in [-0.25, -0.2) is 4.79 Å². The van der Waals surface area contributed by atoms with Crippen LogP contribution in [0, 0.1) is 10.8 Å². The highest BCUT2D eigenvalue weighted by Gasteiger charge is 2.85. The molecule has 3 aliphatic carbocycles. The topological polar surface area (TPSA) is 151 Å². The van der Waals surface area contributed by atoms with Gasteiger partial charge in [0.05, 0.1) is 17.1 Å². The number of hydrogen-bond donors (Lipinski definition) is 4. The number of aliphatic hydroxyl groups excluding tert-OH is 1. The van der Waals surface area contributed by atoms with Gasteiger partial charge >= 0.3 is 11.9 Å². The van der Waals surface area contributed by atoms with Crippen molar-refractivity contribution in [3.05, 3.63) is 47.0 Å². The molecule has 0 aliphatic heterocycles. The third-order valence-corrected chi connectivity index (χ3v) is 9.85. The van der Waals surface area contributed by atoms with Gasteiger partial charge in [0.25, 0.3) is 5.79 Å². The van der Waals surface area contributed by atoms with Gasteiger partial charge < -0.3 is 29.9 Å². The molecule has 3 aliphatic rings. The molecule has 2 fully saturated rings. The minimum absolute atomic E-state index is 0.0225. The Labute approximate surface area is 222 Å². The highest BCUT2D eigenvalue weighted by Crippen LogP contribution is 2.66. The molecule has 1 aromatic rings. The lowest BCUT2D eigenvalue weighted by Crippen LogP contribution is -2.88. The van der Waals surface area contributed by atoms with Crippen LogP contribution in [0.2, 0.25) is 0 Å². The van der Waals surface area contributed by atoms with Gasteiger partial charge in [0.1, 0.15) is 11.4 Å². The van der Waals surface area contributed by atoms with Crippen molar-refractivity contribution < 1.29 is 44.3 Å². The van der Waals surface area contributed by atoms with E-state index in [9.17, 15) is 34.8 Å². The van der Waals surface area contributed by atoms with Crippen molar-refractivity contribution in [2.24, 2.45) is 10.8 Å². The van der Waals surface area contributed by atoms with Crippen LogP contribution in [0.1, 0.15) is 84.0 Å². The van der Waals surface area contributed by atoms with Gasteiger partial charge in [0.2, 0.25) is 0 Å². The minimum Gasteiger partial charge on any atom is -0.453 e. The van der Waals surface area contributed by atoms with Crippen molar-refractivity contribution in [3.8, 4) is 0 Å². The van der Waals surface area contributed by atoms with Gasteiger partial charge in [0, 0.05) is 18.8 Å². The molecule has 4 rings (SSSR count). The van der Waals surface area contributed by atoms with Gasteiger partial charge in [-0.05, 0) is 58.6 Å². The number of ether oxygens (including phenoxy) is 2. The average Bonchev–Trinajstić information content (AvgIpc) is 2.85. The van der Waals surface area contributed by atoms with Crippen molar-refractivity contribution >= 4 is 17.7 Å². The Kier molecular flexibility index (Phi) is 6.51. The molecule has 9 nitrogen and oxygen atoms in total. The van der Waals surface area contributed by atoms with Crippen LogP contribution in [0.3, 0.4) is 0 Å². The number of aliphatic hydroxyl groups is 4. The first-order valence-electron chi connectivity index (χ1n) is 13.0. The van der Waals surface area contributed by atoms with Crippen molar-refractivity contribution in [2.45, 2.75) is 102 Å². The minimum atomic E-state index is -3.22. The normalized spacial score (nSPS) is 40.5. The molecule has 0 radical (unpaired) electrons. The molecule has 0 spiro atoms. The summed E-state index contributed by atoms with van der Waals surface area (Å²) in [6.07, 6.45) is -1.80. The lowest BCUT2D eigenvalue weighted by Gasteiger charge is -2.68. The number of fused-ring (bicyclic) bond motifs is 3. The number of Topliss-reactive ketones (excluding diaryl/α,β-unsaturated/α-hetero) is 1. The SMILES string of the molecule is CC(=O)O[C@@]1(C)C(O)CC[C@@]2(C)C(=O)CC3=C(C)CC[C@](O)(C3(C)C)C(O)(OC(=O)c3ccccc3)[C@@]21O. The maximum absolute atomic E-state index is 14.1. The van der Waals surface area contributed by atoms with E-state index in [0.29, 0.717) is 5.57 Å². The molecule has 2 bridgehead atoms. The quantitative estimate of drug-likeness (QED) is 0.263. The monoisotopic (exact) mass is 530 g/mol. The molecule has 2 unspecified atom stereocenters. The van der Waals surface area contributed by atoms with Crippen LogP contribution in [0.4, 0.5) is 0 Å². The smallest absolute Gasteiger partial charge is 0.340 e. The van der Waals surface area contributed by atoms with E-state index in [1.807, 2.05) is 6.92 Å². The summed E-state index contributed by atoms with van der Waals surface area (Å²) in [4.78, 5) is 40.0. The van der Waals surface area contributed by atoms with Crippen LogP contribution in [0.25, 0.3) is 0 Å². The number of rotatable bonds is 3. The lowest BCUT2D eigenvalue weighted by molar-refractivity contribution is -0.430. The fourth-order valence-electron chi connectivity index (χ4n) is 7.32. The van der Waals surface area contributed by atoms with Crippen LogP contribution >= 0.6 is 0 Å². The second kappa shape index (κ2) is 8.71. The standard InChI is InChI=1S/C29H38O9/c1-17-12-15-27(34)24(3,4)20(17)16-22(32)25(5)14-13-21(31)26(6,37-18(2)30)28(25,35)29(27,36)38-23(33)19-10-8-7-9-11-19/h7-11,21,31,34-36H,12-16H2,1-6H3/t21?,25-,26-,27-,28+,29?/m0/s1. The Hall–Kier alpha value is -2.59. The molecule has 0 saturated heterocycles. The van der Waals surface area contributed by atoms with Crippen LogP contribution in [0.15, 0.2) is 41.5 Å². The Balaban J connectivity index is 2.12. The number of benzene rings is 1. The molecule has 2 saturated carbocycles. The Morgan fingerprint density at radius 3 is 2.16 bits per heavy atom. The lowest BCUT2D eigenvalue weighted by atomic mass is 9.43. The van der Waals surface area contributed by atoms with E-state index in [1.165, 1.54) is 26.0 Å². The number of carbonyl (C=O) groups is 3. The summed E-state index contributed by atoms with van der Waals surface area (Å²) in [6.45, 7) is 8.76. The fourth-order valence-corrected chi connectivity index (χ4v) is 7.32. The number of allylic oxidation sites excluding steroid dienone is 1. The summed E-state index contributed by atoms with van der Waals surface area (Å²) in [5.41, 5.74) is -9.52. The van der Waals surface area contributed by atoms with E-state index in [2.05, 4.69) is 0 Å². The average molecular weight is 531 g/mol. The number of esters is 2. The number of ketones is 1. The van der Waals surface area contributed by atoms with E-state index in [-0.39, 0.29) is 37.7 Å². The zero-order valence-corrected chi connectivity index (χ0v) is 22.8. The molecule has 38 heavy (non-hydrogen) atoms. The summed E-state index contributed by atoms with van der Waals surface area (Å²) in [5.74, 6) is -5.69. The zero-order chi connectivity index (χ0) is 28.5. The van der Waals surface area contributed by atoms with Crippen LogP contribution in [0.5, 0.6) is 0 Å². The molecule has 4 N–H and O–H groups in total. The molecular weight excluding hydrogens is 492 g/mol. The third kappa shape index (κ3) is 3.35. The number of hydrogen-bond acceptors (Lipinski definition) is 9. The van der Waals surface area contributed by atoms with Gasteiger partial charge in [-0.15, -0.1) is 0 Å². The molecule has 0 aromatic heterocycles. The summed E-state index contributed by atoms with van der Waals surface area (Å²) in [6, 6.07) is 7.72. The highest BCUT2D eigenvalue weighted by atomic mass is 16.7. The van der Waals surface area contributed by atoms with Crippen molar-refractivity contribution in [2.75, 3.05) is 0 Å². The van der Waals surface area contributed by atoms with Crippen LogP contribution in [-0.2, 0) is 19.1 Å². The van der Waals surface area contributed by atoms with Crippen molar-refractivity contribution in [3.63, 3.8) is 0 Å². The summed E-state index contributed by atoms with van der Waals surface area (Å²) in [7, 11) is 0. The molecule has 6 atom stereocenters. The summed E-state index contributed by atoms with van der Waals surface area (Å²) >= 11 is 0. The molecule has 0 heterocycles. The van der Waals surface area contributed by atoms with Gasteiger partial charge in [-0.3, -0.25) is 9.59 Å². The van der Waals surface area contributed by atoms with Gasteiger partial charge in [-0.1, -0.05) is 43.2 Å². The number of carbonyl (C=O) groups excluding carboxylic acids is 3. The van der Waals surface area contributed by atoms with E-state index < -0.39 is 57.2 Å². The summed E-state index contributed by atoms with van der Waals surface area (Å²) < 4.78 is 11.4. The third-order valence-electron chi connectivity index (χ3n) is 9.85. The van der Waals surface area contributed by atoms with E-state index in [0.717, 1.165) is 12.5 Å². The second-order valence-electron chi connectivity index (χ2n) is 12.0. The first kappa shape index (κ1) is 28.4. The van der Waals surface area contributed by atoms with Crippen LogP contribution < -0.4 is 0 Å². The Bertz CT molecular complexity index is 1210. The first-order valence-corrected chi connectivity index (χ1v) is 13.0. The first-order chi connectivity index (χ1) is 17.4. The van der Waals surface area contributed by atoms with Crippen LogP contribution in [-0.4, -0.2) is 66.8 Å². The highest BCUT2D eigenvalue weighted by molar-refractivity contribution is 5.92. The van der Waals surface area contributed by atoms with E-state index in [1.54, 1.807) is 32.0 Å². The predicted molar refractivity (Wildman–Crippen MR) is 136 cm³/mol. The predicted octanol–water partition coefficient (Wildman–Crippen LogP) is 2.59. The maximum Gasteiger partial charge on any atom is 0.340 e. The molecular formula is C29H38O9. The van der Waals surface area contributed by atoms with Crippen molar-refractivity contribution in [1.82, 2.24) is 0 Å². The Morgan fingerprint density at radius 1 is 0.974 bits per heavy atom.